The number of carbonyl (C=O) groups is 1. The summed E-state index contributed by atoms with van der Waals surface area (Å²) >= 11 is 0. The minimum absolute atomic E-state index is 0.288. The Bertz CT molecular complexity index is 732. The summed E-state index contributed by atoms with van der Waals surface area (Å²) in [6, 6.07) is 16.8. The summed E-state index contributed by atoms with van der Waals surface area (Å²) in [5, 5.41) is 11.8. The first kappa shape index (κ1) is 17.6. The highest BCUT2D eigenvalue weighted by Crippen LogP contribution is 2.22. The molecule has 24 heavy (non-hydrogen) atoms. The zero-order valence-corrected chi connectivity index (χ0v) is 14.2. The van der Waals surface area contributed by atoms with E-state index in [9.17, 15) is 4.79 Å². The zero-order valence-electron chi connectivity index (χ0n) is 14.2. The molecule has 0 aliphatic carbocycles. The van der Waals surface area contributed by atoms with Crippen LogP contribution in [0.4, 0.5) is 5.69 Å². The van der Waals surface area contributed by atoms with Gasteiger partial charge in [0.2, 0.25) is 0 Å². The Hall–Kier alpha value is -2.80. The first-order chi connectivity index (χ1) is 11.5. The smallest absolute Gasteiger partial charge is 0.265 e. The Kier molecular flexibility index (Phi) is 5.97. The molecule has 1 amide bonds. The number of amides is 1. The van der Waals surface area contributed by atoms with Gasteiger partial charge in [-0.3, -0.25) is 4.79 Å². The molecule has 0 aliphatic heterocycles. The molecule has 2 aromatic rings. The second-order valence-corrected chi connectivity index (χ2v) is 5.79. The molecule has 4 nitrogen and oxygen atoms in total. The van der Waals surface area contributed by atoms with Crippen LogP contribution in [0.2, 0.25) is 0 Å². The molecule has 0 aromatic heterocycles. The van der Waals surface area contributed by atoms with Gasteiger partial charge in [0.25, 0.3) is 5.91 Å². The van der Waals surface area contributed by atoms with Gasteiger partial charge >= 0.3 is 0 Å². The molecule has 0 bridgehead atoms. The van der Waals surface area contributed by atoms with Crippen molar-refractivity contribution in [2.45, 2.75) is 39.2 Å². The third kappa shape index (κ3) is 4.36. The number of hydrogen-bond acceptors (Lipinski definition) is 3. The number of nitrogens with zero attached hydrogens (tertiary/aromatic N) is 1. The molecule has 0 unspecified atom stereocenters. The number of para-hydroxylation sites is 1. The van der Waals surface area contributed by atoms with Gasteiger partial charge in [-0.1, -0.05) is 38.1 Å². The van der Waals surface area contributed by atoms with Crippen LogP contribution in [-0.4, -0.2) is 12.0 Å². The standard InChI is InChI=1S/C20H22N2O2/c1-4-14(2)16-9-11-18(12-10-16)24-15(3)20(23)22-19-8-6-5-7-17(19)13-21/h5-12,14-15H,4H2,1-3H3,(H,22,23)/t14-,15-/m0/s1. The lowest BCUT2D eigenvalue weighted by atomic mass is 9.99. The summed E-state index contributed by atoms with van der Waals surface area (Å²) in [6.07, 6.45) is 0.420. The Morgan fingerprint density at radius 3 is 2.46 bits per heavy atom. The van der Waals surface area contributed by atoms with E-state index in [1.54, 1.807) is 31.2 Å². The van der Waals surface area contributed by atoms with Crippen molar-refractivity contribution < 1.29 is 9.53 Å². The van der Waals surface area contributed by atoms with Crippen molar-refractivity contribution in [3.63, 3.8) is 0 Å². The van der Waals surface area contributed by atoms with Crippen LogP contribution in [-0.2, 0) is 4.79 Å². The molecule has 0 spiro atoms. The lowest BCUT2D eigenvalue weighted by Gasteiger charge is -2.16. The Balaban J connectivity index is 2.00. The molecule has 0 heterocycles. The molecule has 0 saturated carbocycles. The maximum Gasteiger partial charge on any atom is 0.265 e. The number of anilines is 1. The molecular formula is C20H22N2O2. The number of nitrogens with one attached hydrogen (secondary N) is 1. The first-order valence-corrected chi connectivity index (χ1v) is 8.11. The third-order valence-corrected chi connectivity index (χ3v) is 4.05. The van der Waals surface area contributed by atoms with Gasteiger partial charge in [-0.05, 0) is 49.1 Å². The average molecular weight is 322 g/mol. The molecule has 0 radical (unpaired) electrons. The maximum absolute atomic E-state index is 12.3. The summed E-state index contributed by atoms with van der Waals surface area (Å²) < 4.78 is 5.70. The average Bonchev–Trinajstić information content (AvgIpc) is 2.62. The van der Waals surface area contributed by atoms with Crippen LogP contribution in [0.15, 0.2) is 48.5 Å². The molecule has 0 fully saturated rings. The summed E-state index contributed by atoms with van der Waals surface area (Å²) in [6.45, 7) is 6.02. The van der Waals surface area contributed by atoms with Crippen LogP contribution in [0, 0.1) is 11.3 Å². The number of hydrogen-bond donors (Lipinski definition) is 1. The quantitative estimate of drug-likeness (QED) is 0.853. The summed E-state index contributed by atoms with van der Waals surface area (Å²) in [4.78, 5) is 12.3. The molecule has 1 N–H and O–H groups in total. The molecule has 0 aliphatic rings. The molecular weight excluding hydrogens is 300 g/mol. The van der Waals surface area contributed by atoms with Crippen molar-refractivity contribution >= 4 is 11.6 Å². The van der Waals surface area contributed by atoms with Gasteiger partial charge in [-0.2, -0.15) is 5.26 Å². The monoisotopic (exact) mass is 322 g/mol. The van der Waals surface area contributed by atoms with Crippen LogP contribution < -0.4 is 10.1 Å². The fourth-order valence-electron chi connectivity index (χ4n) is 2.29. The second-order valence-electron chi connectivity index (χ2n) is 5.79. The fraction of sp³-hybridized carbons (Fsp3) is 0.300. The SMILES string of the molecule is CC[C@H](C)c1ccc(O[C@@H](C)C(=O)Nc2ccccc2C#N)cc1. The third-order valence-electron chi connectivity index (χ3n) is 4.05. The molecule has 2 aromatic carbocycles. The minimum Gasteiger partial charge on any atom is -0.481 e. The first-order valence-electron chi connectivity index (χ1n) is 8.11. The van der Waals surface area contributed by atoms with E-state index in [0.29, 0.717) is 22.9 Å². The highest BCUT2D eigenvalue weighted by molar-refractivity contribution is 5.95. The normalized spacial score (nSPS) is 12.8. The van der Waals surface area contributed by atoms with E-state index >= 15 is 0 Å². The van der Waals surface area contributed by atoms with Crippen LogP contribution in [0.1, 0.15) is 44.2 Å². The van der Waals surface area contributed by atoms with Gasteiger partial charge in [0.15, 0.2) is 6.10 Å². The van der Waals surface area contributed by atoms with Crippen molar-refractivity contribution in [2.75, 3.05) is 5.32 Å². The number of nitriles is 1. The lowest BCUT2D eigenvalue weighted by Crippen LogP contribution is -2.30. The highest BCUT2D eigenvalue weighted by atomic mass is 16.5. The van der Waals surface area contributed by atoms with Crippen LogP contribution in [0.25, 0.3) is 0 Å². The van der Waals surface area contributed by atoms with Gasteiger partial charge in [-0.15, -0.1) is 0 Å². The van der Waals surface area contributed by atoms with E-state index in [2.05, 4.69) is 25.2 Å². The topological polar surface area (TPSA) is 62.1 Å². The fourth-order valence-corrected chi connectivity index (χ4v) is 2.29. The largest absolute Gasteiger partial charge is 0.481 e. The van der Waals surface area contributed by atoms with E-state index in [1.165, 1.54) is 5.56 Å². The molecule has 2 atom stereocenters. The summed E-state index contributed by atoms with van der Waals surface area (Å²) in [7, 11) is 0. The van der Waals surface area contributed by atoms with Crippen molar-refractivity contribution in [1.82, 2.24) is 0 Å². The van der Waals surface area contributed by atoms with Gasteiger partial charge in [0, 0.05) is 0 Å². The number of ether oxygens (including phenoxy) is 1. The number of benzene rings is 2. The van der Waals surface area contributed by atoms with E-state index in [-0.39, 0.29) is 5.91 Å². The van der Waals surface area contributed by atoms with E-state index in [0.717, 1.165) is 6.42 Å². The van der Waals surface area contributed by atoms with Crippen LogP contribution >= 0.6 is 0 Å². The van der Waals surface area contributed by atoms with Gasteiger partial charge in [0.05, 0.1) is 11.3 Å². The van der Waals surface area contributed by atoms with Crippen molar-refractivity contribution in [2.24, 2.45) is 0 Å². The Morgan fingerprint density at radius 2 is 1.83 bits per heavy atom. The number of rotatable bonds is 6. The Labute approximate surface area is 143 Å². The van der Waals surface area contributed by atoms with Crippen LogP contribution in [0.5, 0.6) is 5.75 Å². The predicted octanol–water partition coefficient (Wildman–Crippen LogP) is 4.48. The molecule has 4 heteroatoms. The van der Waals surface area contributed by atoms with Gasteiger partial charge in [0.1, 0.15) is 11.8 Å². The van der Waals surface area contributed by atoms with E-state index in [4.69, 9.17) is 10.00 Å². The van der Waals surface area contributed by atoms with Gasteiger partial charge in [-0.25, -0.2) is 0 Å². The number of carbonyl (C=O) groups excluding carboxylic acids is 1. The van der Waals surface area contributed by atoms with Crippen LogP contribution in [0.3, 0.4) is 0 Å². The lowest BCUT2D eigenvalue weighted by molar-refractivity contribution is -0.122. The second kappa shape index (κ2) is 8.16. The molecule has 2 rings (SSSR count). The van der Waals surface area contributed by atoms with E-state index < -0.39 is 6.10 Å². The van der Waals surface area contributed by atoms with E-state index in [1.807, 2.05) is 24.3 Å². The maximum atomic E-state index is 12.3. The molecule has 0 saturated heterocycles. The highest BCUT2D eigenvalue weighted by Gasteiger charge is 2.16. The predicted molar refractivity (Wildman–Crippen MR) is 95.0 cm³/mol. The molecule has 124 valence electrons. The summed E-state index contributed by atoms with van der Waals surface area (Å²) in [5.74, 6) is 0.865. The zero-order chi connectivity index (χ0) is 17.5. The minimum atomic E-state index is -0.661. The Morgan fingerprint density at radius 1 is 1.17 bits per heavy atom. The van der Waals surface area contributed by atoms with Crippen molar-refractivity contribution in [1.29, 1.82) is 5.26 Å². The van der Waals surface area contributed by atoms with Crippen molar-refractivity contribution in [3.8, 4) is 11.8 Å². The van der Waals surface area contributed by atoms with Gasteiger partial charge < -0.3 is 10.1 Å². The summed E-state index contributed by atoms with van der Waals surface area (Å²) in [5.41, 5.74) is 2.17. The van der Waals surface area contributed by atoms with Crippen molar-refractivity contribution in [3.05, 3.63) is 59.7 Å².